The molecule has 1 atom stereocenters. The molecule has 1 unspecified atom stereocenters. The largest absolute Gasteiger partial charge is 0.330 e. The number of hydrogen-bond donors (Lipinski definition) is 2. The molecule has 0 fully saturated rings. The van der Waals surface area contributed by atoms with Crippen LogP contribution in [0.2, 0.25) is 5.02 Å². The summed E-state index contributed by atoms with van der Waals surface area (Å²) in [7, 11) is -3.39. The van der Waals surface area contributed by atoms with E-state index in [2.05, 4.69) is 16.7 Å². The summed E-state index contributed by atoms with van der Waals surface area (Å²) in [5, 5.41) is 6.05. The molecule has 6 nitrogen and oxygen atoms in total. The third-order valence-electron chi connectivity index (χ3n) is 4.84. The lowest BCUT2D eigenvalue weighted by Gasteiger charge is -2.34. The molecule has 0 bridgehead atoms. The SMILES string of the molecule is CCC(CCN)(c1ccc(Cl)cc1)n1ncc2c(NS(C)(=O)=O)cccc21. The van der Waals surface area contributed by atoms with Crippen LogP contribution in [0.1, 0.15) is 25.3 Å². The van der Waals surface area contributed by atoms with Gasteiger partial charge < -0.3 is 5.73 Å². The molecule has 27 heavy (non-hydrogen) atoms. The molecule has 0 radical (unpaired) electrons. The maximum absolute atomic E-state index is 11.7. The Morgan fingerprint density at radius 1 is 1.22 bits per heavy atom. The van der Waals surface area contributed by atoms with Gasteiger partial charge >= 0.3 is 0 Å². The van der Waals surface area contributed by atoms with E-state index in [0.29, 0.717) is 23.7 Å². The van der Waals surface area contributed by atoms with Gasteiger partial charge in [-0.3, -0.25) is 9.40 Å². The molecule has 0 saturated heterocycles. The Labute approximate surface area is 164 Å². The lowest BCUT2D eigenvalue weighted by Crippen LogP contribution is -2.37. The Balaban J connectivity index is 2.23. The molecule has 1 heterocycles. The topological polar surface area (TPSA) is 90.0 Å². The van der Waals surface area contributed by atoms with Crippen LogP contribution in [0.5, 0.6) is 0 Å². The van der Waals surface area contributed by atoms with E-state index in [1.165, 1.54) is 0 Å². The molecular weight excluding hydrogens is 384 g/mol. The van der Waals surface area contributed by atoms with Crippen molar-refractivity contribution in [2.24, 2.45) is 5.73 Å². The number of rotatable bonds is 7. The van der Waals surface area contributed by atoms with E-state index in [1.807, 2.05) is 41.1 Å². The number of aromatic nitrogens is 2. The van der Waals surface area contributed by atoms with Crippen LogP contribution in [0.3, 0.4) is 0 Å². The number of hydrogen-bond acceptors (Lipinski definition) is 4. The normalized spacial score (nSPS) is 14.2. The van der Waals surface area contributed by atoms with Crippen LogP contribution in [0.25, 0.3) is 10.9 Å². The fraction of sp³-hybridized carbons (Fsp3) is 0.316. The number of halogens is 1. The minimum absolute atomic E-state index is 0.454. The first-order chi connectivity index (χ1) is 12.8. The second-order valence-corrected chi connectivity index (χ2v) is 8.78. The molecule has 2 aromatic carbocycles. The molecular formula is C19H23ClN4O2S. The summed E-state index contributed by atoms with van der Waals surface area (Å²) in [4.78, 5) is 0. The van der Waals surface area contributed by atoms with Crippen LogP contribution >= 0.6 is 11.6 Å². The van der Waals surface area contributed by atoms with Crippen molar-refractivity contribution in [2.75, 3.05) is 17.5 Å². The van der Waals surface area contributed by atoms with Gasteiger partial charge in [0, 0.05) is 10.4 Å². The van der Waals surface area contributed by atoms with Gasteiger partial charge in [0.15, 0.2) is 0 Å². The first kappa shape index (κ1) is 19.7. The second kappa shape index (κ2) is 7.50. The van der Waals surface area contributed by atoms with Crippen LogP contribution in [0.4, 0.5) is 5.69 Å². The van der Waals surface area contributed by atoms with Crippen LogP contribution in [-0.4, -0.2) is 31.0 Å². The molecule has 144 valence electrons. The number of nitrogens with two attached hydrogens (primary N) is 1. The maximum Gasteiger partial charge on any atom is 0.229 e. The van der Waals surface area contributed by atoms with Crippen molar-refractivity contribution in [3.63, 3.8) is 0 Å². The Morgan fingerprint density at radius 3 is 2.52 bits per heavy atom. The van der Waals surface area contributed by atoms with Crippen molar-refractivity contribution < 1.29 is 8.42 Å². The van der Waals surface area contributed by atoms with E-state index in [9.17, 15) is 8.42 Å². The van der Waals surface area contributed by atoms with Gasteiger partial charge in [-0.2, -0.15) is 5.10 Å². The highest BCUT2D eigenvalue weighted by atomic mass is 35.5. The molecule has 3 N–H and O–H groups in total. The van der Waals surface area contributed by atoms with Crippen molar-refractivity contribution in [2.45, 2.75) is 25.3 Å². The Kier molecular flexibility index (Phi) is 5.46. The highest BCUT2D eigenvalue weighted by Gasteiger charge is 2.34. The molecule has 1 aromatic heterocycles. The molecule has 0 amide bonds. The molecule has 0 spiro atoms. The number of nitrogens with one attached hydrogen (secondary N) is 1. The van der Waals surface area contributed by atoms with Gasteiger partial charge in [-0.25, -0.2) is 8.42 Å². The first-order valence-electron chi connectivity index (χ1n) is 8.72. The predicted octanol–water partition coefficient (Wildman–Crippen LogP) is 3.56. The number of sulfonamides is 1. The van der Waals surface area contributed by atoms with Crippen molar-refractivity contribution in [1.82, 2.24) is 9.78 Å². The highest BCUT2D eigenvalue weighted by molar-refractivity contribution is 7.92. The van der Waals surface area contributed by atoms with E-state index in [0.717, 1.165) is 29.1 Å². The monoisotopic (exact) mass is 406 g/mol. The summed E-state index contributed by atoms with van der Waals surface area (Å²) < 4.78 is 27.9. The quantitative estimate of drug-likeness (QED) is 0.627. The van der Waals surface area contributed by atoms with Crippen LogP contribution in [-0.2, 0) is 15.6 Å². The zero-order chi connectivity index (χ0) is 19.7. The number of fused-ring (bicyclic) bond motifs is 1. The van der Waals surface area contributed by atoms with Crippen molar-refractivity contribution in [3.05, 3.63) is 59.2 Å². The maximum atomic E-state index is 11.7. The van der Waals surface area contributed by atoms with Crippen molar-refractivity contribution >= 4 is 38.2 Å². The molecule has 3 aromatic rings. The number of benzene rings is 2. The van der Waals surface area contributed by atoms with Gasteiger partial charge in [-0.15, -0.1) is 0 Å². The standard InChI is InChI=1S/C19H23ClN4O2S/c1-3-19(11-12-21,14-7-9-15(20)10-8-14)24-18-6-4-5-17(16(18)13-22-24)23-27(2,25)26/h4-10,13,23H,3,11-12,21H2,1-2H3. The Hall–Kier alpha value is -2.09. The number of anilines is 1. The number of nitrogens with zero attached hydrogens (tertiary/aromatic N) is 2. The zero-order valence-electron chi connectivity index (χ0n) is 15.3. The minimum Gasteiger partial charge on any atom is -0.330 e. The fourth-order valence-corrected chi connectivity index (χ4v) is 4.29. The third-order valence-corrected chi connectivity index (χ3v) is 5.68. The van der Waals surface area contributed by atoms with Crippen LogP contribution in [0.15, 0.2) is 48.7 Å². The van der Waals surface area contributed by atoms with E-state index in [-0.39, 0.29) is 0 Å². The zero-order valence-corrected chi connectivity index (χ0v) is 16.9. The summed E-state index contributed by atoms with van der Waals surface area (Å²) in [5.41, 5.74) is 7.92. The molecule has 3 rings (SSSR count). The first-order valence-corrected chi connectivity index (χ1v) is 11.0. The van der Waals surface area contributed by atoms with E-state index >= 15 is 0 Å². The van der Waals surface area contributed by atoms with Gasteiger partial charge in [0.05, 0.1) is 29.2 Å². The third kappa shape index (κ3) is 3.81. The summed E-state index contributed by atoms with van der Waals surface area (Å²) in [5.74, 6) is 0. The summed E-state index contributed by atoms with van der Waals surface area (Å²) >= 11 is 6.07. The molecule has 0 aliphatic rings. The average molecular weight is 407 g/mol. The highest BCUT2D eigenvalue weighted by Crippen LogP contribution is 2.37. The van der Waals surface area contributed by atoms with E-state index in [4.69, 9.17) is 17.3 Å². The second-order valence-electron chi connectivity index (χ2n) is 6.60. The van der Waals surface area contributed by atoms with E-state index in [1.54, 1.807) is 12.3 Å². The van der Waals surface area contributed by atoms with Crippen molar-refractivity contribution in [1.29, 1.82) is 0 Å². The molecule has 0 aliphatic carbocycles. The summed E-state index contributed by atoms with van der Waals surface area (Å²) in [6, 6.07) is 13.2. The van der Waals surface area contributed by atoms with Crippen LogP contribution < -0.4 is 10.5 Å². The smallest absolute Gasteiger partial charge is 0.229 e. The average Bonchev–Trinajstić information content (AvgIpc) is 3.05. The lowest BCUT2D eigenvalue weighted by molar-refractivity contribution is 0.299. The van der Waals surface area contributed by atoms with Crippen LogP contribution in [0, 0.1) is 0 Å². The molecule has 8 heteroatoms. The summed E-state index contributed by atoms with van der Waals surface area (Å²) in [6.07, 6.45) is 4.28. The fourth-order valence-electron chi connectivity index (χ4n) is 3.58. The van der Waals surface area contributed by atoms with Gasteiger partial charge in [0.25, 0.3) is 0 Å². The lowest BCUT2D eigenvalue weighted by atomic mass is 9.84. The summed E-state index contributed by atoms with van der Waals surface area (Å²) in [6.45, 7) is 2.58. The van der Waals surface area contributed by atoms with Gasteiger partial charge in [0.1, 0.15) is 0 Å². The minimum atomic E-state index is -3.39. The van der Waals surface area contributed by atoms with Gasteiger partial charge in [-0.1, -0.05) is 36.7 Å². The van der Waals surface area contributed by atoms with Gasteiger partial charge in [-0.05, 0) is 49.2 Å². The predicted molar refractivity (Wildman–Crippen MR) is 111 cm³/mol. The molecule has 0 saturated carbocycles. The van der Waals surface area contributed by atoms with E-state index < -0.39 is 15.6 Å². The van der Waals surface area contributed by atoms with Gasteiger partial charge in [0.2, 0.25) is 10.0 Å². The Bertz CT molecular complexity index is 1050. The van der Waals surface area contributed by atoms with Crippen molar-refractivity contribution in [3.8, 4) is 0 Å². The Morgan fingerprint density at radius 2 is 1.93 bits per heavy atom. The molecule has 0 aliphatic heterocycles.